The Balaban J connectivity index is 2.14. The number of amides is 1. The number of nitrogens with one attached hydrogen (secondary N) is 1. The van der Waals surface area contributed by atoms with Crippen molar-refractivity contribution in [2.45, 2.75) is 57.4 Å². The van der Waals surface area contributed by atoms with Crippen LogP contribution in [0.5, 0.6) is 0 Å². The minimum atomic E-state index is -0.163. The maximum absolute atomic E-state index is 11.8. The van der Waals surface area contributed by atoms with E-state index in [1.165, 1.54) is 32.1 Å². The van der Waals surface area contributed by atoms with Crippen LogP contribution in [-0.4, -0.2) is 37.4 Å². The summed E-state index contributed by atoms with van der Waals surface area (Å²) in [6.07, 6.45) is 8.80. The van der Waals surface area contributed by atoms with Gasteiger partial charge in [0.1, 0.15) is 0 Å². The van der Waals surface area contributed by atoms with E-state index in [2.05, 4.69) is 5.32 Å². The summed E-state index contributed by atoms with van der Waals surface area (Å²) in [5.74, 6) is 0.798. The van der Waals surface area contributed by atoms with Crippen LogP contribution in [-0.2, 0) is 9.53 Å². The van der Waals surface area contributed by atoms with Gasteiger partial charge in [0.15, 0.2) is 0 Å². The zero-order valence-electron chi connectivity index (χ0n) is 11.5. The predicted molar refractivity (Wildman–Crippen MR) is 71.3 cm³/mol. The van der Waals surface area contributed by atoms with E-state index in [-0.39, 0.29) is 18.6 Å². The Bertz CT molecular complexity index is 227. The van der Waals surface area contributed by atoms with E-state index in [9.17, 15) is 4.79 Å². The molecule has 0 aromatic heterocycles. The molecule has 1 amide bonds. The van der Waals surface area contributed by atoms with Crippen LogP contribution in [0.1, 0.15) is 51.4 Å². The first kappa shape index (κ1) is 15.4. The van der Waals surface area contributed by atoms with E-state index in [4.69, 9.17) is 9.84 Å². The SMILES string of the molecule is COCCC(CO)NC(=O)CCC1CCCCC1. The molecule has 2 N–H and O–H groups in total. The lowest BCUT2D eigenvalue weighted by atomic mass is 9.86. The number of rotatable bonds is 8. The minimum Gasteiger partial charge on any atom is -0.394 e. The molecular weight excluding hydrogens is 230 g/mol. The highest BCUT2D eigenvalue weighted by atomic mass is 16.5. The molecule has 4 nitrogen and oxygen atoms in total. The fraction of sp³-hybridized carbons (Fsp3) is 0.929. The van der Waals surface area contributed by atoms with Gasteiger partial charge in [-0.25, -0.2) is 0 Å². The number of aliphatic hydroxyl groups excluding tert-OH is 1. The van der Waals surface area contributed by atoms with Crippen molar-refractivity contribution >= 4 is 5.91 Å². The molecule has 0 aliphatic heterocycles. The molecule has 1 fully saturated rings. The van der Waals surface area contributed by atoms with E-state index in [1.54, 1.807) is 7.11 Å². The van der Waals surface area contributed by atoms with Gasteiger partial charge in [0.25, 0.3) is 0 Å². The van der Waals surface area contributed by atoms with Crippen molar-refractivity contribution in [1.29, 1.82) is 0 Å². The fourth-order valence-corrected chi connectivity index (χ4v) is 2.58. The number of hydrogen-bond donors (Lipinski definition) is 2. The smallest absolute Gasteiger partial charge is 0.220 e. The Hall–Kier alpha value is -0.610. The number of carbonyl (C=O) groups excluding carboxylic acids is 1. The average molecular weight is 257 g/mol. The van der Waals surface area contributed by atoms with Crippen molar-refractivity contribution in [2.75, 3.05) is 20.3 Å². The van der Waals surface area contributed by atoms with Crippen LogP contribution >= 0.6 is 0 Å². The summed E-state index contributed by atoms with van der Waals surface area (Å²) in [5, 5.41) is 12.0. The predicted octanol–water partition coefficient (Wildman–Crippen LogP) is 1.86. The molecule has 0 bridgehead atoms. The van der Waals surface area contributed by atoms with Gasteiger partial charge in [-0.3, -0.25) is 4.79 Å². The molecule has 4 heteroatoms. The first-order valence-electron chi connectivity index (χ1n) is 7.15. The van der Waals surface area contributed by atoms with Crippen LogP contribution in [0.3, 0.4) is 0 Å². The quantitative estimate of drug-likeness (QED) is 0.698. The second-order valence-electron chi connectivity index (χ2n) is 5.27. The molecule has 1 atom stereocenters. The van der Waals surface area contributed by atoms with Crippen molar-refractivity contribution in [3.63, 3.8) is 0 Å². The summed E-state index contributed by atoms with van der Waals surface area (Å²) >= 11 is 0. The molecule has 1 saturated carbocycles. The summed E-state index contributed by atoms with van der Waals surface area (Å²) in [6.45, 7) is 0.548. The highest BCUT2D eigenvalue weighted by molar-refractivity contribution is 5.76. The van der Waals surface area contributed by atoms with E-state index < -0.39 is 0 Å². The number of carbonyl (C=O) groups is 1. The molecular formula is C14H27NO3. The van der Waals surface area contributed by atoms with Gasteiger partial charge in [0, 0.05) is 20.1 Å². The zero-order valence-corrected chi connectivity index (χ0v) is 11.5. The summed E-state index contributed by atoms with van der Waals surface area (Å²) < 4.78 is 4.95. The third-order valence-electron chi connectivity index (χ3n) is 3.76. The summed E-state index contributed by atoms with van der Waals surface area (Å²) in [7, 11) is 1.62. The lowest BCUT2D eigenvalue weighted by molar-refractivity contribution is -0.122. The Morgan fingerprint density at radius 3 is 2.72 bits per heavy atom. The summed E-state index contributed by atoms with van der Waals surface area (Å²) in [5.41, 5.74) is 0. The molecule has 1 unspecified atom stereocenters. The van der Waals surface area contributed by atoms with Crippen molar-refractivity contribution in [3.05, 3.63) is 0 Å². The van der Waals surface area contributed by atoms with E-state index in [0.717, 1.165) is 12.3 Å². The molecule has 0 spiro atoms. The second-order valence-corrected chi connectivity index (χ2v) is 5.27. The molecule has 1 rings (SSSR count). The maximum atomic E-state index is 11.8. The van der Waals surface area contributed by atoms with E-state index in [1.807, 2.05) is 0 Å². The topological polar surface area (TPSA) is 58.6 Å². The average Bonchev–Trinajstić information content (AvgIpc) is 2.42. The summed E-state index contributed by atoms with van der Waals surface area (Å²) in [6, 6.07) is -0.163. The maximum Gasteiger partial charge on any atom is 0.220 e. The lowest BCUT2D eigenvalue weighted by Crippen LogP contribution is -2.38. The van der Waals surface area contributed by atoms with E-state index in [0.29, 0.717) is 19.4 Å². The van der Waals surface area contributed by atoms with Crippen LogP contribution in [0.2, 0.25) is 0 Å². The Kier molecular flexibility index (Phi) is 8.01. The van der Waals surface area contributed by atoms with Crippen LogP contribution in [0, 0.1) is 5.92 Å². The second kappa shape index (κ2) is 9.34. The molecule has 1 aliphatic rings. The molecule has 1 aliphatic carbocycles. The number of ether oxygens (including phenoxy) is 1. The van der Waals surface area contributed by atoms with Crippen molar-refractivity contribution in [1.82, 2.24) is 5.32 Å². The highest BCUT2D eigenvalue weighted by Gasteiger charge is 2.16. The van der Waals surface area contributed by atoms with Gasteiger partial charge in [-0.05, 0) is 18.8 Å². The van der Waals surface area contributed by atoms with Crippen LogP contribution in [0.4, 0.5) is 0 Å². The van der Waals surface area contributed by atoms with E-state index >= 15 is 0 Å². The van der Waals surface area contributed by atoms with Gasteiger partial charge in [-0.15, -0.1) is 0 Å². The van der Waals surface area contributed by atoms with Gasteiger partial charge >= 0.3 is 0 Å². The first-order valence-corrected chi connectivity index (χ1v) is 7.15. The van der Waals surface area contributed by atoms with Gasteiger partial charge in [0.05, 0.1) is 12.6 Å². The molecule has 0 saturated heterocycles. The number of methoxy groups -OCH3 is 1. The molecule has 18 heavy (non-hydrogen) atoms. The molecule has 0 aromatic rings. The third kappa shape index (κ3) is 6.36. The Labute approximate surface area is 110 Å². The summed E-state index contributed by atoms with van der Waals surface area (Å²) in [4.78, 5) is 11.8. The Morgan fingerprint density at radius 2 is 2.11 bits per heavy atom. The van der Waals surface area contributed by atoms with Gasteiger partial charge < -0.3 is 15.2 Å². The third-order valence-corrected chi connectivity index (χ3v) is 3.76. The first-order chi connectivity index (χ1) is 8.76. The van der Waals surface area contributed by atoms with Gasteiger partial charge in [-0.2, -0.15) is 0 Å². The van der Waals surface area contributed by atoms with Crippen molar-refractivity contribution in [3.8, 4) is 0 Å². The largest absolute Gasteiger partial charge is 0.394 e. The molecule has 0 aromatic carbocycles. The van der Waals surface area contributed by atoms with Crippen LogP contribution in [0.15, 0.2) is 0 Å². The fourth-order valence-electron chi connectivity index (χ4n) is 2.58. The molecule has 106 valence electrons. The van der Waals surface area contributed by atoms with Gasteiger partial charge in [-0.1, -0.05) is 32.1 Å². The normalized spacial score (nSPS) is 18.6. The van der Waals surface area contributed by atoms with Crippen LogP contribution < -0.4 is 5.32 Å². The molecule has 0 heterocycles. The highest BCUT2D eigenvalue weighted by Crippen LogP contribution is 2.27. The number of aliphatic hydroxyl groups is 1. The monoisotopic (exact) mass is 257 g/mol. The van der Waals surface area contributed by atoms with Gasteiger partial charge in [0.2, 0.25) is 5.91 Å². The molecule has 0 radical (unpaired) electrons. The Morgan fingerprint density at radius 1 is 1.39 bits per heavy atom. The number of hydrogen-bond acceptors (Lipinski definition) is 3. The lowest BCUT2D eigenvalue weighted by Gasteiger charge is -2.22. The van der Waals surface area contributed by atoms with Crippen molar-refractivity contribution in [2.24, 2.45) is 5.92 Å². The van der Waals surface area contributed by atoms with Crippen LogP contribution in [0.25, 0.3) is 0 Å². The standard InChI is InChI=1S/C14H27NO3/c1-18-10-9-13(11-16)15-14(17)8-7-12-5-3-2-4-6-12/h12-13,16H,2-11H2,1H3,(H,15,17). The zero-order chi connectivity index (χ0) is 13.2. The van der Waals surface area contributed by atoms with Crippen molar-refractivity contribution < 1.29 is 14.6 Å². The minimum absolute atomic E-state index is 0.0153.